The highest BCUT2D eigenvalue weighted by Crippen LogP contribution is 2.22. The summed E-state index contributed by atoms with van der Waals surface area (Å²) >= 11 is 3.20. The molecule has 1 rings (SSSR count). The van der Waals surface area contributed by atoms with Crippen LogP contribution in [-0.2, 0) is 0 Å². The van der Waals surface area contributed by atoms with Crippen LogP contribution in [0.3, 0.4) is 0 Å². The number of carboxylic acids is 1. The van der Waals surface area contributed by atoms with Crippen molar-refractivity contribution in [2.24, 2.45) is 0 Å². The van der Waals surface area contributed by atoms with E-state index >= 15 is 0 Å². The first-order valence-corrected chi connectivity index (χ1v) is 4.84. The van der Waals surface area contributed by atoms with E-state index in [0.717, 1.165) is 5.56 Å². The molecule has 0 amide bonds. The molecule has 0 atom stereocenters. The highest BCUT2D eigenvalue weighted by Gasteiger charge is 2.09. The van der Waals surface area contributed by atoms with E-state index in [2.05, 4.69) is 15.9 Å². The Labute approximate surface area is 85.7 Å². The normalized spacial score (nSPS) is 10.5. The molecule has 3 heteroatoms. The molecule has 13 heavy (non-hydrogen) atoms. The Balaban J connectivity index is 3.19. The maximum Gasteiger partial charge on any atom is 0.336 e. The quantitative estimate of drug-likeness (QED) is 0.865. The van der Waals surface area contributed by atoms with E-state index in [4.69, 9.17) is 5.11 Å². The zero-order valence-electron chi connectivity index (χ0n) is 7.54. The molecule has 0 heterocycles. The minimum absolute atomic E-state index is 0.325. The number of carboxylic acid groups (broad SMARTS) is 1. The average Bonchev–Trinajstić information content (AvgIpc) is 2.04. The highest BCUT2D eigenvalue weighted by molar-refractivity contribution is 9.10. The van der Waals surface area contributed by atoms with Crippen molar-refractivity contribution in [3.05, 3.63) is 33.8 Å². The van der Waals surface area contributed by atoms with Crippen LogP contribution in [0.5, 0.6) is 0 Å². The average molecular weight is 243 g/mol. The van der Waals surface area contributed by atoms with Crippen LogP contribution in [-0.4, -0.2) is 11.1 Å². The van der Waals surface area contributed by atoms with Crippen LogP contribution in [0.25, 0.3) is 0 Å². The first-order chi connectivity index (χ1) is 6.02. The van der Waals surface area contributed by atoms with Gasteiger partial charge in [0.25, 0.3) is 0 Å². The first kappa shape index (κ1) is 10.3. The second kappa shape index (κ2) is 3.92. The smallest absolute Gasteiger partial charge is 0.336 e. The molecule has 0 fully saturated rings. The van der Waals surface area contributed by atoms with Crippen LogP contribution in [0.1, 0.15) is 35.7 Å². The third-order valence-corrected chi connectivity index (χ3v) is 2.58. The largest absolute Gasteiger partial charge is 0.478 e. The number of aromatic carboxylic acids is 1. The number of benzene rings is 1. The molecule has 0 radical (unpaired) electrons. The summed E-state index contributed by atoms with van der Waals surface area (Å²) in [5.74, 6) is -0.541. The molecule has 2 nitrogen and oxygen atoms in total. The van der Waals surface area contributed by atoms with E-state index in [1.807, 2.05) is 19.9 Å². The lowest BCUT2D eigenvalue weighted by atomic mass is 10.0. The number of rotatable bonds is 2. The van der Waals surface area contributed by atoms with Crippen molar-refractivity contribution in [3.8, 4) is 0 Å². The summed E-state index contributed by atoms with van der Waals surface area (Å²) in [5, 5.41) is 8.84. The maximum absolute atomic E-state index is 10.8. The predicted octanol–water partition coefficient (Wildman–Crippen LogP) is 3.27. The van der Waals surface area contributed by atoms with Crippen LogP contribution < -0.4 is 0 Å². The van der Waals surface area contributed by atoms with E-state index in [1.54, 1.807) is 12.1 Å². The molecule has 0 aromatic heterocycles. The zero-order valence-corrected chi connectivity index (χ0v) is 9.13. The van der Waals surface area contributed by atoms with E-state index in [0.29, 0.717) is 16.0 Å². The Morgan fingerprint density at radius 1 is 1.46 bits per heavy atom. The van der Waals surface area contributed by atoms with Gasteiger partial charge in [-0.05, 0) is 39.5 Å². The van der Waals surface area contributed by atoms with Gasteiger partial charge in [-0.2, -0.15) is 0 Å². The standard InChI is InChI=1S/C10H11BrO2/c1-6(2)7-3-4-9(11)8(5-7)10(12)13/h3-6H,1-2H3,(H,12,13). The SMILES string of the molecule is CC(C)c1ccc(Br)c(C(=O)O)c1. The van der Waals surface area contributed by atoms with Crippen molar-refractivity contribution in [1.29, 1.82) is 0 Å². The fourth-order valence-electron chi connectivity index (χ4n) is 1.07. The van der Waals surface area contributed by atoms with Gasteiger partial charge in [-0.3, -0.25) is 0 Å². The van der Waals surface area contributed by atoms with Gasteiger partial charge in [0, 0.05) is 4.47 Å². The van der Waals surface area contributed by atoms with Gasteiger partial charge in [-0.1, -0.05) is 19.9 Å². The van der Waals surface area contributed by atoms with Crippen molar-refractivity contribution in [2.75, 3.05) is 0 Å². The molecule has 0 saturated carbocycles. The lowest BCUT2D eigenvalue weighted by Gasteiger charge is -2.07. The zero-order chi connectivity index (χ0) is 10.0. The van der Waals surface area contributed by atoms with Gasteiger partial charge in [0.05, 0.1) is 5.56 Å². The second-order valence-corrected chi connectivity index (χ2v) is 4.05. The van der Waals surface area contributed by atoms with E-state index in [1.165, 1.54) is 0 Å². The molecule has 0 aliphatic carbocycles. The number of carbonyl (C=O) groups is 1. The molecule has 0 bridgehead atoms. The van der Waals surface area contributed by atoms with E-state index in [-0.39, 0.29) is 0 Å². The topological polar surface area (TPSA) is 37.3 Å². The summed E-state index contributed by atoms with van der Waals surface area (Å²) in [6.45, 7) is 4.07. The number of hydrogen-bond acceptors (Lipinski definition) is 1. The van der Waals surface area contributed by atoms with Gasteiger partial charge in [0.15, 0.2) is 0 Å². The summed E-state index contributed by atoms with van der Waals surface area (Å²) < 4.78 is 0.629. The molecule has 1 aromatic rings. The lowest BCUT2D eigenvalue weighted by Crippen LogP contribution is -1.99. The van der Waals surface area contributed by atoms with Crippen LogP contribution in [0.4, 0.5) is 0 Å². The third-order valence-electron chi connectivity index (χ3n) is 1.89. The Hall–Kier alpha value is -0.830. The van der Waals surface area contributed by atoms with E-state index < -0.39 is 5.97 Å². The molecule has 0 spiro atoms. The van der Waals surface area contributed by atoms with Gasteiger partial charge in [-0.25, -0.2) is 4.79 Å². The molecule has 1 aromatic carbocycles. The van der Waals surface area contributed by atoms with Crippen molar-refractivity contribution < 1.29 is 9.90 Å². The first-order valence-electron chi connectivity index (χ1n) is 4.05. The highest BCUT2D eigenvalue weighted by atomic mass is 79.9. The summed E-state index contributed by atoms with van der Waals surface area (Å²) in [6, 6.07) is 5.41. The third kappa shape index (κ3) is 2.31. The molecule has 0 aliphatic rings. The summed E-state index contributed by atoms with van der Waals surface area (Å²) in [4.78, 5) is 10.8. The predicted molar refractivity (Wildman–Crippen MR) is 55.2 cm³/mol. The van der Waals surface area contributed by atoms with Gasteiger partial charge in [-0.15, -0.1) is 0 Å². The van der Waals surface area contributed by atoms with Crippen LogP contribution in [0, 0.1) is 0 Å². The van der Waals surface area contributed by atoms with E-state index in [9.17, 15) is 4.79 Å². The molecular weight excluding hydrogens is 232 g/mol. The molecule has 70 valence electrons. The Bertz CT molecular complexity index is 332. The van der Waals surface area contributed by atoms with Crippen LogP contribution >= 0.6 is 15.9 Å². The van der Waals surface area contributed by atoms with Crippen LogP contribution in [0.15, 0.2) is 22.7 Å². The molecule has 0 saturated heterocycles. The van der Waals surface area contributed by atoms with Gasteiger partial charge in [0.2, 0.25) is 0 Å². The van der Waals surface area contributed by atoms with Crippen LogP contribution in [0.2, 0.25) is 0 Å². The summed E-state index contributed by atoms with van der Waals surface area (Å²) in [5.41, 5.74) is 1.37. The fourth-order valence-corrected chi connectivity index (χ4v) is 1.48. The Morgan fingerprint density at radius 3 is 2.54 bits per heavy atom. The molecular formula is C10H11BrO2. The minimum atomic E-state index is -0.894. The molecule has 1 N–H and O–H groups in total. The van der Waals surface area contributed by atoms with Gasteiger partial charge < -0.3 is 5.11 Å². The van der Waals surface area contributed by atoms with Crippen molar-refractivity contribution in [3.63, 3.8) is 0 Å². The monoisotopic (exact) mass is 242 g/mol. The summed E-state index contributed by atoms with van der Waals surface area (Å²) in [6.07, 6.45) is 0. The van der Waals surface area contributed by atoms with Gasteiger partial charge >= 0.3 is 5.97 Å². The minimum Gasteiger partial charge on any atom is -0.478 e. The molecule has 0 aliphatic heterocycles. The summed E-state index contributed by atoms with van der Waals surface area (Å²) in [7, 11) is 0. The second-order valence-electron chi connectivity index (χ2n) is 3.20. The lowest BCUT2D eigenvalue weighted by molar-refractivity contribution is 0.0696. The number of halogens is 1. The fraction of sp³-hybridized carbons (Fsp3) is 0.300. The molecule has 0 unspecified atom stereocenters. The van der Waals surface area contributed by atoms with Gasteiger partial charge in [0.1, 0.15) is 0 Å². The van der Waals surface area contributed by atoms with Crippen molar-refractivity contribution >= 4 is 21.9 Å². The maximum atomic E-state index is 10.8. The number of hydrogen-bond donors (Lipinski definition) is 1. The Morgan fingerprint density at radius 2 is 2.08 bits per heavy atom. The Kier molecular flexibility index (Phi) is 3.09. The van der Waals surface area contributed by atoms with Crippen molar-refractivity contribution in [2.45, 2.75) is 19.8 Å². The van der Waals surface area contributed by atoms with Crippen molar-refractivity contribution in [1.82, 2.24) is 0 Å².